The molecule has 0 rings (SSSR count). The van der Waals surface area contributed by atoms with Crippen molar-refractivity contribution in [2.45, 2.75) is 68.2 Å². The van der Waals surface area contributed by atoms with Crippen LogP contribution in [0.2, 0.25) is 0 Å². The van der Waals surface area contributed by atoms with Crippen LogP contribution in [0.4, 0.5) is 0 Å². The van der Waals surface area contributed by atoms with Crippen LogP contribution >= 0.6 is 31.0 Å². The molecule has 0 spiro atoms. The minimum absolute atomic E-state index is 0.173. The molecule has 20 heteroatoms. The summed E-state index contributed by atoms with van der Waals surface area (Å²) in [5.74, 6) is 0. The Morgan fingerprint density at radius 2 is 0.717 bits per heavy atom. The molecule has 0 fully saturated rings. The van der Waals surface area contributed by atoms with Crippen molar-refractivity contribution < 1.29 is 54.5 Å². The molecule has 0 aliphatic heterocycles. The van der Waals surface area contributed by atoms with Gasteiger partial charge in [0, 0.05) is 39.3 Å². The zero-order valence-corrected chi connectivity index (χ0v) is 32.6. The van der Waals surface area contributed by atoms with Crippen molar-refractivity contribution in [1.29, 1.82) is 0 Å². The average Bonchev–Trinajstić information content (AvgIpc) is 2.98. The molecule has 0 aromatic carbocycles. The molecule has 0 saturated carbocycles. The van der Waals surface area contributed by atoms with Gasteiger partial charge in [0.15, 0.2) is 0 Å². The lowest BCUT2D eigenvalue weighted by molar-refractivity contribution is 0.168. The van der Waals surface area contributed by atoms with Gasteiger partial charge in [-0.2, -0.15) is 0 Å². The van der Waals surface area contributed by atoms with E-state index in [1.54, 1.807) is 76.9 Å². The van der Waals surface area contributed by atoms with E-state index >= 15 is 0 Å². The molecule has 0 aromatic heterocycles. The SMILES string of the molecule is CCOP(=O)(NCCCN(C/C=C/CN(CCCNP(=O)(OCC)OCC)P(=O)(OCC)OCC)P(=O)(OCC)OCC)OCC. The fourth-order valence-electron chi connectivity index (χ4n) is 3.97. The number of nitrogens with one attached hydrogen (secondary N) is 2. The van der Waals surface area contributed by atoms with Gasteiger partial charge in [0.25, 0.3) is 0 Å². The largest absolute Gasteiger partial charge is 0.408 e. The Morgan fingerprint density at radius 3 is 0.957 bits per heavy atom. The third-order valence-electron chi connectivity index (χ3n) is 5.65. The van der Waals surface area contributed by atoms with Gasteiger partial charge in [-0.15, -0.1) is 0 Å². The van der Waals surface area contributed by atoms with Crippen LogP contribution in [-0.4, -0.2) is 101 Å². The van der Waals surface area contributed by atoms with Gasteiger partial charge in [-0.1, -0.05) is 12.2 Å². The summed E-state index contributed by atoms with van der Waals surface area (Å²) in [6.07, 6.45) is 4.40. The Balaban J connectivity index is 5.74. The molecule has 0 aliphatic carbocycles. The fraction of sp³-hybridized carbons (Fsp3) is 0.923. The molecule has 0 saturated heterocycles. The first-order chi connectivity index (χ1) is 21.9. The highest BCUT2D eigenvalue weighted by atomic mass is 31.2. The van der Waals surface area contributed by atoms with E-state index in [2.05, 4.69) is 10.2 Å². The van der Waals surface area contributed by atoms with Gasteiger partial charge >= 0.3 is 31.0 Å². The minimum Gasteiger partial charge on any atom is -0.297 e. The summed E-state index contributed by atoms with van der Waals surface area (Å²) in [6, 6.07) is 0. The summed E-state index contributed by atoms with van der Waals surface area (Å²) in [5, 5.41) is 5.66. The van der Waals surface area contributed by atoms with Gasteiger partial charge in [-0.25, -0.2) is 37.8 Å². The molecule has 0 unspecified atom stereocenters. The average molecular weight is 745 g/mol. The van der Waals surface area contributed by atoms with Crippen molar-refractivity contribution in [3.63, 3.8) is 0 Å². The van der Waals surface area contributed by atoms with Gasteiger partial charge in [0.1, 0.15) is 0 Å². The predicted octanol–water partition coefficient (Wildman–Crippen LogP) is 6.83. The third kappa shape index (κ3) is 18.3. The Morgan fingerprint density at radius 1 is 0.457 bits per heavy atom. The highest BCUT2D eigenvalue weighted by Gasteiger charge is 2.34. The van der Waals surface area contributed by atoms with Crippen molar-refractivity contribution >= 4 is 31.0 Å². The van der Waals surface area contributed by atoms with Gasteiger partial charge in [0.05, 0.1) is 52.9 Å². The standard InChI is InChI=1S/C26H60N4O12P4/c1-9-35-43(31,36-10-2)27-21-19-25-29(45(33,39-13-5)40-14-6)23-17-18-24-30(46(34,41-15-7)42-16-8)26-20-22-28-44(32,37-11-3)38-12-4/h17-18H,9-16,19-26H2,1-8H3,(H,27,31)(H,28,32)/b18-17+. The van der Waals surface area contributed by atoms with Crippen molar-refractivity contribution in [3.05, 3.63) is 12.2 Å². The van der Waals surface area contributed by atoms with E-state index in [1.165, 1.54) is 0 Å². The maximum absolute atomic E-state index is 13.7. The lowest BCUT2D eigenvalue weighted by atomic mass is 10.4. The van der Waals surface area contributed by atoms with Gasteiger partial charge in [-0.3, -0.25) is 36.2 Å². The smallest absolute Gasteiger partial charge is 0.297 e. The van der Waals surface area contributed by atoms with E-state index in [4.69, 9.17) is 36.2 Å². The molecule has 276 valence electrons. The van der Waals surface area contributed by atoms with Gasteiger partial charge in [0.2, 0.25) is 0 Å². The first-order valence-electron chi connectivity index (χ1n) is 16.1. The first kappa shape index (κ1) is 46.2. The Labute approximate surface area is 277 Å². The maximum atomic E-state index is 13.7. The van der Waals surface area contributed by atoms with Crippen LogP contribution < -0.4 is 10.2 Å². The molecule has 16 nitrogen and oxygen atoms in total. The lowest BCUT2D eigenvalue weighted by Gasteiger charge is -2.30. The third-order valence-corrected chi connectivity index (χ3v) is 13.7. The highest BCUT2D eigenvalue weighted by molar-refractivity contribution is 7.52. The Bertz CT molecular complexity index is 894. The molecule has 0 heterocycles. The molecule has 0 aromatic rings. The lowest BCUT2D eigenvalue weighted by Crippen LogP contribution is -2.28. The minimum atomic E-state index is -3.66. The Hall–Kier alpha value is 0.180. The van der Waals surface area contributed by atoms with Crippen molar-refractivity contribution in [3.8, 4) is 0 Å². The van der Waals surface area contributed by atoms with Crippen LogP contribution in [0.1, 0.15) is 68.2 Å². The summed E-state index contributed by atoms with van der Waals surface area (Å²) in [5.41, 5.74) is 0. The van der Waals surface area contributed by atoms with E-state index < -0.39 is 31.0 Å². The second-order valence-electron chi connectivity index (χ2n) is 9.09. The molecule has 46 heavy (non-hydrogen) atoms. The van der Waals surface area contributed by atoms with Crippen LogP contribution in [0.5, 0.6) is 0 Å². The van der Waals surface area contributed by atoms with Crippen LogP contribution in [-0.2, 0) is 54.5 Å². The second kappa shape index (κ2) is 26.1. The van der Waals surface area contributed by atoms with E-state index in [9.17, 15) is 18.3 Å². The summed E-state index contributed by atoms with van der Waals surface area (Å²) in [7, 11) is -14.2. The summed E-state index contributed by atoms with van der Waals surface area (Å²) in [6.45, 7) is 16.9. The van der Waals surface area contributed by atoms with E-state index in [0.717, 1.165) is 0 Å². The van der Waals surface area contributed by atoms with E-state index in [-0.39, 0.29) is 92.1 Å². The van der Waals surface area contributed by atoms with E-state index in [1.807, 2.05) is 0 Å². The molecule has 0 aliphatic rings. The van der Waals surface area contributed by atoms with Crippen LogP contribution in [0.25, 0.3) is 0 Å². The molecular formula is C26H60N4O12P4. The van der Waals surface area contributed by atoms with Gasteiger partial charge < -0.3 is 0 Å². The molecule has 2 N–H and O–H groups in total. The second-order valence-corrected chi connectivity index (χ2v) is 16.8. The molecule has 0 radical (unpaired) electrons. The summed E-state index contributed by atoms with van der Waals surface area (Å²) in [4.78, 5) is 0. The van der Waals surface area contributed by atoms with Crippen LogP contribution in [0.3, 0.4) is 0 Å². The van der Waals surface area contributed by atoms with Crippen molar-refractivity contribution in [1.82, 2.24) is 19.5 Å². The first-order valence-corrected chi connectivity index (χ1v) is 22.2. The monoisotopic (exact) mass is 744 g/mol. The highest BCUT2D eigenvalue weighted by Crippen LogP contribution is 2.53. The predicted molar refractivity (Wildman–Crippen MR) is 181 cm³/mol. The number of hydrogen-bond donors (Lipinski definition) is 2. The normalized spacial score (nSPS) is 13.5. The van der Waals surface area contributed by atoms with Crippen LogP contribution in [0, 0.1) is 0 Å². The molecule has 0 bridgehead atoms. The molecule has 0 atom stereocenters. The number of rotatable bonds is 32. The fourth-order valence-corrected chi connectivity index (χ4v) is 10.2. The zero-order chi connectivity index (χ0) is 35.0. The summed E-state index contributed by atoms with van der Waals surface area (Å²) < 4.78 is 99.5. The number of hydrogen-bond acceptors (Lipinski definition) is 12. The molecule has 0 amide bonds. The van der Waals surface area contributed by atoms with Crippen molar-refractivity contribution in [2.75, 3.05) is 92.1 Å². The van der Waals surface area contributed by atoms with Gasteiger partial charge in [-0.05, 0) is 68.2 Å². The van der Waals surface area contributed by atoms with E-state index in [0.29, 0.717) is 12.8 Å². The van der Waals surface area contributed by atoms with Crippen LogP contribution in [0.15, 0.2) is 12.2 Å². The maximum Gasteiger partial charge on any atom is 0.408 e. The summed E-state index contributed by atoms with van der Waals surface area (Å²) >= 11 is 0. The number of nitrogens with zero attached hydrogens (tertiary/aromatic N) is 2. The van der Waals surface area contributed by atoms with Crippen molar-refractivity contribution in [2.24, 2.45) is 0 Å². The molecular weight excluding hydrogens is 684 g/mol. The zero-order valence-electron chi connectivity index (χ0n) is 29.1. The topological polar surface area (TPSA) is 173 Å². The quantitative estimate of drug-likeness (QED) is 0.0417. The Kier molecular flexibility index (Phi) is 26.2.